The van der Waals surface area contributed by atoms with Gasteiger partial charge < -0.3 is 0 Å². The third kappa shape index (κ3) is 0.535. The molecule has 0 aromatic heterocycles. The Hall–Kier alpha value is -0.770. The SMILES string of the molecule is CC1=C(C#N)C(C)C1. The molecule has 0 heterocycles. The smallest absolute Gasteiger partial charge is 0.0949 e. The monoisotopic (exact) mass is 107 g/mol. The van der Waals surface area contributed by atoms with E-state index in [0.717, 1.165) is 12.0 Å². The molecule has 0 amide bonds. The van der Waals surface area contributed by atoms with E-state index in [9.17, 15) is 0 Å². The molecular weight excluding hydrogens is 98.1 g/mol. The van der Waals surface area contributed by atoms with Crippen LogP contribution >= 0.6 is 0 Å². The molecule has 1 heteroatoms. The highest BCUT2D eigenvalue weighted by Gasteiger charge is 2.21. The molecule has 0 aliphatic heterocycles. The van der Waals surface area contributed by atoms with Crippen molar-refractivity contribution in [1.29, 1.82) is 5.26 Å². The van der Waals surface area contributed by atoms with Crippen molar-refractivity contribution in [2.75, 3.05) is 0 Å². The maximum Gasteiger partial charge on any atom is 0.0949 e. The number of rotatable bonds is 0. The van der Waals surface area contributed by atoms with Gasteiger partial charge in [0.15, 0.2) is 0 Å². The van der Waals surface area contributed by atoms with Crippen molar-refractivity contribution in [3.63, 3.8) is 0 Å². The number of allylic oxidation sites excluding steroid dienone is 2. The Morgan fingerprint density at radius 1 is 1.75 bits per heavy atom. The molecule has 0 bridgehead atoms. The lowest BCUT2D eigenvalue weighted by atomic mass is 9.80. The first-order valence-corrected chi connectivity index (χ1v) is 2.85. The van der Waals surface area contributed by atoms with Gasteiger partial charge in [0.1, 0.15) is 0 Å². The Bertz CT molecular complexity index is 171. The van der Waals surface area contributed by atoms with Crippen LogP contribution < -0.4 is 0 Å². The minimum atomic E-state index is 0.542. The molecule has 1 aliphatic rings. The van der Waals surface area contributed by atoms with E-state index in [4.69, 9.17) is 5.26 Å². The van der Waals surface area contributed by atoms with E-state index in [0.29, 0.717) is 5.92 Å². The van der Waals surface area contributed by atoms with Crippen molar-refractivity contribution in [2.45, 2.75) is 20.3 Å². The Morgan fingerprint density at radius 3 is 2.50 bits per heavy atom. The van der Waals surface area contributed by atoms with Crippen LogP contribution in [0, 0.1) is 17.2 Å². The van der Waals surface area contributed by atoms with Gasteiger partial charge in [-0.05, 0) is 19.3 Å². The zero-order valence-corrected chi connectivity index (χ0v) is 5.23. The molecule has 0 aromatic rings. The fraction of sp³-hybridized carbons (Fsp3) is 0.571. The van der Waals surface area contributed by atoms with Crippen LogP contribution in [0.25, 0.3) is 0 Å². The zero-order valence-electron chi connectivity index (χ0n) is 5.23. The summed E-state index contributed by atoms with van der Waals surface area (Å²) in [4.78, 5) is 0. The van der Waals surface area contributed by atoms with Crippen molar-refractivity contribution in [2.24, 2.45) is 5.92 Å². The highest BCUT2D eigenvalue weighted by Crippen LogP contribution is 2.32. The Morgan fingerprint density at radius 2 is 2.38 bits per heavy atom. The standard InChI is InChI=1S/C7H9N/c1-5-3-6(2)7(5)4-8/h5H,3H2,1-2H3. The molecule has 0 saturated heterocycles. The normalized spacial score (nSPS) is 26.9. The summed E-state index contributed by atoms with van der Waals surface area (Å²) in [6, 6.07) is 2.18. The third-order valence-electron chi connectivity index (χ3n) is 1.69. The first kappa shape index (κ1) is 5.37. The summed E-state index contributed by atoms with van der Waals surface area (Å²) >= 11 is 0. The van der Waals surface area contributed by atoms with Crippen LogP contribution in [0.3, 0.4) is 0 Å². The van der Waals surface area contributed by atoms with Gasteiger partial charge >= 0.3 is 0 Å². The van der Waals surface area contributed by atoms with Crippen molar-refractivity contribution < 1.29 is 0 Å². The van der Waals surface area contributed by atoms with E-state index in [-0.39, 0.29) is 0 Å². The third-order valence-corrected chi connectivity index (χ3v) is 1.69. The minimum Gasteiger partial charge on any atom is -0.193 e. The predicted molar refractivity (Wildman–Crippen MR) is 32.1 cm³/mol. The Balaban J connectivity index is 2.79. The van der Waals surface area contributed by atoms with Crippen LogP contribution in [0.4, 0.5) is 0 Å². The number of hydrogen-bond donors (Lipinski definition) is 0. The lowest BCUT2D eigenvalue weighted by molar-refractivity contribution is 0.606. The summed E-state index contributed by atoms with van der Waals surface area (Å²) in [5, 5.41) is 8.42. The highest BCUT2D eigenvalue weighted by molar-refractivity contribution is 5.37. The van der Waals surface area contributed by atoms with Gasteiger partial charge in [-0.3, -0.25) is 0 Å². The predicted octanol–water partition coefficient (Wildman–Crippen LogP) is 1.87. The number of nitrogens with zero attached hydrogens (tertiary/aromatic N) is 1. The average Bonchev–Trinajstić information content (AvgIpc) is 1.67. The molecule has 42 valence electrons. The van der Waals surface area contributed by atoms with Crippen LogP contribution in [0.1, 0.15) is 20.3 Å². The second kappa shape index (κ2) is 1.63. The van der Waals surface area contributed by atoms with Crippen LogP contribution in [0.15, 0.2) is 11.1 Å². The highest BCUT2D eigenvalue weighted by atomic mass is 14.3. The van der Waals surface area contributed by atoms with E-state index >= 15 is 0 Å². The average molecular weight is 107 g/mol. The lowest BCUT2D eigenvalue weighted by Crippen LogP contribution is -2.11. The summed E-state index contributed by atoms with van der Waals surface area (Å²) in [5.41, 5.74) is 2.28. The topological polar surface area (TPSA) is 23.8 Å². The summed E-state index contributed by atoms with van der Waals surface area (Å²) in [5.74, 6) is 0.542. The quantitative estimate of drug-likeness (QED) is 0.463. The van der Waals surface area contributed by atoms with Crippen LogP contribution in [0.5, 0.6) is 0 Å². The molecule has 0 N–H and O–H groups in total. The van der Waals surface area contributed by atoms with Gasteiger partial charge in [-0.25, -0.2) is 0 Å². The number of hydrogen-bond acceptors (Lipinski definition) is 1. The molecule has 1 aliphatic carbocycles. The fourth-order valence-electron chi connectivity index (χ4n) is 1.17. The molecule has 1 unspecified atom stereocenters. The van der Waals surface area contributed by atoms with Crippen molar-refractivity contribution >= 4 is 0 Å². The summed E-state index contributed by atoms with van der Waals surface area (Å²) in [6.45, 7) is 4.12. The molecule has 0 radical (unpaired) electrons. The first-order chi connectivity index (χ1) is 3.75. The van der Waals surface area contributed by atoms with Crippen LogP contribution in [-0.2, 0) is 0 Å². The molecule has 0 spiro atoms. The Labute approximate surface area is 49.6 Å². The van der Waals surface area contributed by atoms with Gasteiger partial charge in [-0.2, -0.15) is 5.26 Å². The molecule has 0 fully saturated rings. The molecule has 1 rings (SSSR count). The van der Waals surface area contributed by atoms with Gasteiger partial charge in [0, 0.05) is 5.57 Å². The van der Waals surface area contributed by atoms with Gasteiger partial charge in [0.25, 0.3) is 0 Å². The van der Waals surface area contributed by atoms with E-state index < -0.39 is 0 Å². The van der Waals surface area contributed by atoms with Gasteiger partial charge in [-0.15, -0.1) is 0 Å². The van der Waals surface area contributed by atoms with Gasteiger partial charge in [0.2, 0.25) is 0 Å². The van der Waals surface area contributed by atoms with Crippen molar-refractivity contribution in [1.82, 2.24) is 0 Å². The first-order valence-electron chi connectivity index (χ1n) is 2.85. The van der Waals surface area contributed by atoms with Crippen molar-refractivity contribution in [3.05, 3.63) is 11.1 Å². The maximum absolute atomic E-state index is 8.42. The fourth-order valence-corrected chi connectivity index (χ4v) is 1.17. The van der Waals surface area contributed by atoms with Gasteiger partial charge in [0.05, 0.1) is 6.07 Å². The minimum absolute atomic E-state index is 0.542. The molecule has 1 atom stereocenters. The summed E-state index contributed by atoms with van der Waals surface area (Å²) in [6.07, 6.45) is 1.13. The molecular formula is C7H9N. The van der Waals surface area contributed by atoms with Crippen LogP contribution in [0.2, 0.25) is 0 Å². The Kier molecular flexibility index (Phi) is 1.09. The summed E-state index contributed by atoms with van der Waals surface area (Å²) in [7, 11) is 0. The largest absolute Gasteiger partial charge is 0.193 e. The zero-order chi connectivity index (χ0) is 6.15. The number of nitriles is 1. The van der Waals surface area contributed by atoms with E-state index in [1.807, 2.05) is 6.92 Å². The maximum atomic E-state index is 8.42. The van der Waals surface area contributed by atoms with Gasteiger partial charge in [-0.1, -0.05) is 12.5 Å². The van der Waals surface area contributed by atoms with E-state index in [2.05, 4.69) is 13.0 Å². The lowest BCUT2D eigenvalue weighted by Gasteiger charge is -2.22. The molecule has 8 heavy (non-hydrogen) atoms. The van der Waals surface area contributed by atoms with E-state index in [1.165, 1.54) is 5.57 Å². The van der Waals surface area contributed by atoms with E-state index in [1.54, 1.807) is 0 Å². The second-order valence-corrected chi connectivity index (χ2v) is 2.41. The molecule has 0 aromatic carbocycles. The van der Waals surface area contributed by atoms with Crippen LogP contribution in [-0.4, -0.2) is 0 Å². The van der Waals surface area contributed by atoms with Crippen molar-refractivity contribution in [3.8, 4) is 6.07 Å². The second-order valence-electron chi connectivity index (χ2n) is 2.41. The summed E-state index contributed by atoms with van der Waals surface area (Å²) < 4.78 is 0. The molecule has 1 nitrogen and oxygen atoms in total. The molecule has 0 saturated carbocycles.